The molecule has 2 N–H and O–H groups in total. The molecule has 5 rings (SSSR count). The first-order valence-corrected chi connectivity index (χ1v) is 13.8. The van der Waals surface area contributed by atoms with Gasteiger partial charge in [0, 0.05) is 5.41 Å². The molecule has 0 aromatic rings. The number of hydrogen-bond acceptors (Lipinski definition) is 2. The molecule has 0 unspecified atom stereocenters. The Morgan fingerprint density at radius 3 is 2.19 bits per heavy atom. The van der Waals surface area contributed by atoms with Gasteiger partial charge >= 0.3 is 0 Å². The summed E-state index contributed by atoms with van der Waals surface area (Å²) in [5.74, 6) is 3.51. The van der Waals surface area contributed by atoms with Gasteiger partial charge in [-0.25, -0.2) is 0 Å². The Balaban J connectivity index is 1.54. The minimum Gasteiger partial charge on any atom is -0.396 e. The third-order valence-electron chi connectivity index (χ3n) is 13.6. The van der Waals surface area contributed by atoms with Crippen LogP contribution in [0.4, 0.5) is 0 Å². The number of rotatable bonds is 2. The SMILES string of the molecule is C=C(C)[C@@H]1CC[C@]2(C)CC[C@]3(C)[C@@H](CC[C@@H]4[C@@]5(C)CC[C@H](O)[C@@](C)(CO)[C@@H]5CC[C@]43C)[C@H]12. The molecule has 0 bridgehead atoms. The summed E-state index contributed by atoms with van der Waals surface area (Å²) in [4.78, 5) is 0. The fraction of sp³-hybridized carbons (Fsp3) is 0.933. The topological polar surface area (TPSA) is 40.5 Å². The van der Waals surface area contributed by atoms with Crippen molar-refractivity contribution in [1.82, 2.24) is 0 Å². The van der Waals surface area contributed by atoms with E-state index < -0.39 is 0 Å². The second-order valence-electron chi connectivity index (χ2n) is 14.6. The molecule has 5 fully saturated rings. The third kappa shape index (κ3) is 2.66. The molecule has 11 atom stereocenters. The molecule has 5 saturated carbocycles. The van der Waals surface area contributed by atoms with E-state index in [9.17, 15) is 10.2 Å². The summed E-state index contributed by atoms with van der Waals surface area (Å²) in [7, 11) is 0. The van der Waals surface area contributed by atoms with E-state index >= 15 is 0 Å². The van der Waals surface area contributed by atoms with Crippen molar-refractivity contribution in [2.45, 2.75) is 112 Å². The largest absolute Gasteiger partial charge is 0.396 e. The molecule has 32 heavy (non-hydrogen) atoms. The third-order valence-corrected chi connectivity index (χ3v) is 13.6. The second kappa shape index (κ2) is 7.09. The van der Waals surface area contributed by atoms with Gasteiger partial charge in [-0.2, -0.15) is 0 Å². The highest BCUT2D eigenvalue weighted by atomic mass is 16.3. The zero-order chi connectivity index (χ0) is 23.3. The van der Waals surface area contributed by atoms with Crippen LogP contribution in [0.3, 0.4) is 0 Å². The minimum atomic E-state index is -0.355. The van der Waals surface area contributed by atoms with E-state index in [0.29, 0.717) is 28.1 Å². The molecule has 0 aromatic carbocycles. The Kier molecular flexibility index (Phi) is 5.19. The summed E-state index contributed by atoms with van der Waals surface area (Å²) >= 11 is 0. The van der Waals surface area contributed by atoms with Gasteiger partial charge < -0.3 is 10.2 Å². The summed E-state index contributed by atoms with van der Waals surface area (Å²) in [5.41, 5.74) is 2.62. The van der Waals surface area contributed by atoms with Gasteiger partial charge in [0.05, 0.1) is 12.7 Å². The average molecular weight is 443 g/mol. The standard InChI is InChI=1S/C30H50O2/c1-19(2)20-10-13-26(3)16-17-29(6)21(25(20)26)8-9-23-27(4)14-12-24(32)28(5,18-31)22(27)11-15-30(23,29)7/h20-25,31-32H,1,8-18H2,2-7H3/t20-,21-,22+,23+,24-,25-,26+,27-,28-,29+,30+/m0/s1. The highest BCUT2D eigenvalue weighted by molar-refractivity contribution is 5.21. The monoisotopic (exact) mass is 442 g/mol. The van der Waals surface area contributed by atoms with Crippen LogP contribution in [-0.2, 0) is 0 Å². The molecule has 0 saturated heterocycles. The molecule has 0 aliphatic heterocycles. The number of hydrogen-bond donors (Lipinski definition) is 2. The van der Waals surface area contributed by atoms with Crippen molar-refractivity contribution in [1.29, 1.82) is 0 Å². The van der Waals surface area contributed by atoms with Gasteiger partial charge in [0.15, 0.2) is 0 Å². The van der Waals surface area contributed by atoms with Crippen molar-refractivity contribution in [2.75, 3.05) is 6.61 Å². The summed E-state index contributed by atoms with van der Waals surface area (Å²) in [6.45, 7) is 19.6. The van der Waals surface area contributed by atoms with Gasteiger partial charge in [-0.3, -0.25) is 0 Å². The Bertz CT molecular complexity index is 790. The Labute approximate surface area is 197 Å². The summed E-state index contributed by atoms with van der Waals surface area (Å²) in [6, 6.07) is 0. The van der Waals surface area contributed by atoms with Gasteiger partial charge in [-0.05, 0) is 122 Å². The molecule has 5 aliphatic carbocycles. The van der Waals surface area contributed by atoms with Gasteiger partial charge in [0.1, 0.15) is 0 Å². The van der Waals surface area contributed by atoms with Crippen LogP contribution >= 0.6 is 0 Å². The Morgan fingerprint density at radius 2 is 1.53 bits per heavy atom. The summed E-state index contributed by atoms with van der Waals surface area (Å²) in [6.07, 6.45) is 12.3. The normalized spacial score (nSPS) is 59.5. The zero-order valence-electron chi connectivity index (χ0n) is 21.8. The van der Waals surface area contributed by atoms with Crippen LogP contribution < -0.4 is 0 Å². The molecule has 2 nitrogen and oxygen atoms in total. The lowest BCUT2D eigenvalue weighted by Crippen LogP contribution is -2.67. The lowest BCUT2D eigenvalue weighted by molar-refractivity contribution is -0.253. The van der Waals surface area contributed by atoms with E-state index in [-0.39, 0.29) is 23.5 Å². The smallest absolute Gasteiger partial charge is 0.0618 e. The predicted molar refractivity (Wildman–Crippen MR) is 132 cm³/mol. The van der Waals surface area contributed by atoms with Gasteiger partial charge in [0.2, 0.25) is 0 Å². The number of fused-ring (bicyclic) bond motifs is 7. The van der Waals surface area contributed by atoms with Gasteiger partial charge in [0.25, 0.3) is 0 Å². The maximum atomic E-state index is 10.9. The molecule has 0 heterocycles. The quantitative estimate of drug-likeness (QED) is 0.452. The Hall–Kier alpha value is -0.340. The van der Waals surface area contributed by atoms with Crippen LogP contribution in [0.1, 0.15) is 106 Å². The van der Waals surface area contributed by atoms with Crippen LogP contribution in [0.2, 0.25) is 0 Å². The first kappa shape index (κ1) is 23.4. The Morgan fingerprint density at radius 1 is 0.812 bits per heavy atom. The first-order chi connectivity index (χ1) is 14.9. The molecule has 0 spiro atoms. The number of aliphatic hydroxyl groups excluding tert-OH is 2. The average Bonchev–Trinajstić information content (AvgIpc) is 3.09. The van der Waals surface area contributed by atoms with Gasteiger partial charge in [-0.1, -0.05) is 46.8 Å². The van der Waals surface area contributed by atoms with E-state index in [1.807, 2.05) is 0 Å². The van der Waals surface area contributed by atoms with Crippen LogP contribution in [-0.4, -0.2) is 22.9 Å². The molecule has 5 aliphatic rings. The maximum absolute atomic E-state index is 10.9. The summed E-state index contributed by atoms with van der Waals surface area (Å²) < 4.78 is 0. The molecule has 0 radical (unpaired) electrons. The van der Waals surface area contributed by atoms with Crippen LogP contribution in [0.15, 0.2) is 12.2 Å². The lowest BCUT2D eigenvalue weighted by Gasteiger charge is -2.73. The number of allylic oxidation sites excluding steroid dienone is 1. The molecule has 182 valence electrons. The van der Waals surface area contributed by atoms with E-state index in [2.05, 4.69) is 48.1 Å². The maximum Gasteiger partial charge on any atom is 0.0618 e. The highest BCUT2D eigenvalue weighted by Crippen LogP contribution is 2.77. The van der Waals surface area contributed by atoms with E-state index in [1.165, 1.54) is 56.9 Å². The van der Waals surface area contributed by atoms with Crippen molar-refractivity contribution >= 4 is 0 Å². The van der Waals surface area contributed by atoms with Gasteiger partial charge in [-0.15, -0.1) is 0 Å². The van der Waals surface area contributed by atoms with Crippen molar-refractivity contribution in [2.24, 2.45) is 56.7 Å². The van der Waals surface area contributed by atoms with Crippen LogP contribution in [0.25, 0.3) is 0 Å². The predicted octanol–water partition coefficient (Wildman–Crippen LogP) is 7.00. The van der Waals surface area contributed by atoms with Crippen LogP contribution in [0, 0.1) is 56.7 Å². The van der Waals surface area contributed by atoms with Crippen molar-refractivity contribution < 1.29 is 10.2 Å². The van der Waals surface area contributed by atoms with Crippen LogP contribution in [0.5, 0.6) is 0 Å². The van der Waals surface area contributed by atoms with Crippen molar-refractivity contribution in [3.05, 3.63) is 12.2 Å². The highest BCUT2D eigenvalue weighted by Gasteiger charge is 2.70. The summed E-state index contributed by atoms with van der Waals surface area (Å²) in [5, 5.41) is 21.3. The number of aliphatic hydroxyl groups is 2. The molecular weight excluding hydrogens is 392 g/mol. The zero-order valence-corrected chi connectivity index (χ0v) is 21.8. The molecular formula is C30H50O2. The van der Waals surface area contributed by atoms with Crippen molar-refractivity contribution in [3.8, 4) is 0 Å². The van der Waals surface area contributed by atoms with E-state index in [0.717, 1.165) is 30.6 Å². The molecule has 0 amide bonds. The second-order valence-corrected chi connectivity index (χ2v) is 14.6. The minimum absolute atomic E-state index is 0.123. The molecule has 2 heteroatoms. The first-order valence-electron chi connectivity index (χ1n) is 13.8. The fourth-order valence-corrected chi connectivity index (χ4v) is 11.5. The fourth-order valence-electron chi connectivity index (χ4n) is 11.5. The lowest BCUT2D eigenvalue weighted by atomic mass is 9.32. The van der Waals surface area contributed by atoms with Crippen molar-refractivity contribution in [3.63, 3.8) is 0 Å². The van der Waals surface area contributed by atoms with E-state index in [1.54, 1.807) is 0 Å². The molecule has 0 aromatic heterocycles. The van der Waals surface area contributed by atoms with E-state index in [4.69, 9.17) is 0 Å².